The molecule has 0 spiro atoms. The van der Waals surface area contributed by atoms with E-state index in [0.29, 0.717) is 10.0 Å². The van der Waals surface area contributed by atoms with Gasteiger partial charge in [0.2, 0.25) is 0 Å². The molecule has 1 unspecified atom stereocenters. The molecule has 0 aliphatic carbocycles. The van der Waals surface area contributed by atoms with E-state index < -0.39 is 0 Å². The Balaban J connectivity index is 2.17. The lowest BCUT2D eigenvalue weighted by Crippen LogP contribution is -2.24. The molecule has 2 nitrogen and oxygen atoms in total. The summed E-state index contributed by atoms with van der Waals surface area (Å²) in [5.41, 5.74) is 2.35. The number of benzene rings is 1. The van der Waals surface area contributed by atoms with E-state index in [9.17, 15) is 0 Å². The van der Waals surface area contributed by atoms with Crippen LogP contribution in [0.25, 0.3) is 0 Å². The van der Waals surface area contributed by atoms with Gasteiger partial charge in [-0.15, -0.1) is 0 Å². The van der Waals surface area contributed by atoms with Gasteiger partial charge in [0, 0.05) is 18.4 Å². The van der Waals surface area contributed by atoms with E-state index in [1.807, 2.05) is 30.5 Å². The second-order valence-corrected chi connectivity index (χ2v) is 5.56. The van der Waals surface area contributed by atoms with Gasteiger partial charge in [-0.25, -0.2) is 0 Å². The third-order valence-electron chi connectivity index (χ3n) is 3.15. The molecule has 0 fully saturated rings. The maximum Gasteiger partial charge on any atom is 0.0595 e. The number of pyridine rings is 1. The summed E-state index contributed by atoms with van der Waals surface area (Å²) in [5, 5.41) is 4.75. The molecule has 0 aliphatic rings. The molecule has 0 saturated carbocycles. The lowest BCUT2D eigenvalue weighted by Gasteiger charge is -2.19. The minimum absolute atomic E-state index is 0.237. The third-order valence-corrected chi connectivity index (χ3v) is 3.89. The average molecular weight is 309 g/mol. The molecule has 0 aliphatic heterocycles. The van der Waals surface area contributed by atoms with Crippen LogP contribution in [0.2, 0.25) is 10.0 Å². The summed E-state index contributed by atoms with van der Waals surface area (Å²) in [5.74, 6) is 0. The second-order valence-electron chi connectivity index (χ2n) is 4.75. The second kappa shape index (κ2) is 7.63. The highest BCUT2D eigenvalue weighted by molar-refractivity contribution is 6.42. The van der Waals surface area contributed by atoms with Crippen LogP contribution in [0.5, 0.6) is 0 Å². The van der Waals surface area contributed by atoms with Crippen LogP contribution in [-0.2, 0) is 6.42 Å². The van der Waals surface area contributed by atoms with Crippen molar-refractivity contribution in [3.8, 4) is 0 Å². The Hall–Kier alpha value is -1.09. The SMILES string of the molecule is CCCNC(Cc1ccc(Cl)c(Cl)c1)c1cccnc1. The quantitative estimate of drug-likeness (QED) is 0.838. The molecule has 1 heterocycles. The molecule has 2 aromatic rings. The summed E-state index contributed by atoms with van der Waals surface area (Å²) in [4.78, 5) is 4.20. The average Bonchev–Trinajstić information content (AvgIpc) is 2.48. The number of nitrogens with zero attached hydrogens (tertiary/aromatic N) is 1. The van der Waals surface area contributed by atoms with Crippen LogP contribution in [0.4, 0.5) is 0 Å². The molecule has 20 heavy (non-hydrogen) atoms. The van der Waals surface area contributed by atoms with E-state index in [4.69, 9.17) is 23.2 Å². The van der Waals surface area contributed by atoms with E-state index in [0.717, 1.165) is 24.9 Å². The molecule has 2 rings (SSSR count). The monoisotopic (exact) mass is 308 g/mol. The molecule has 0 radical (unpaired) electrons. The van der Waals surface area contributed by atoms with E-state index in [2.05, 4.69) is 23.3 Å². The number of aromatic nitrogens is 1. The van der Waals surface area contributed by atoms with Crippen molar-refractivity contribution in [2.24, 2.45) is 0 Å². The van der Waals surface area contributed by atoms with Gasteiger partial charge in [-0.1, -0.05) is 42.3 Å². The molecular formula is C16H18Cl2N2. The van der Waals surface area contributed by atoms with Gasteiger partial charge >= 0.3 is 0 Å². The highest BCUT2D eigenvalue weighted by Crippen LogP contribution is 2.25. The molecule has 4 heteroatoms. The molecule has 1 atom stereocenters. The van der Waals surface area contributed by atoms with Crippen molar-refractivity contribution in [2.45, 2.75) is 25.8 Å². The Labute approximate surface area is 130 Å². The smallest absolute Gasteiger partial charge is 0.0595 e. The molecule has 106 valence electrons. The van der Waals surface area contributed by atoms with E-state index >= 15 is 0 Å². The zero-order valence-corrected chi connectivity index (χ0v) is 13.0. The third kappa shape index (κ3) is 4.20. The highest BCUT2D eigenvalue weighted by atomic mass is 35.5. The first-order chi connectivity index (χ1) is 9.70. The Bertz CT molecular complexity index is 543. The van der Waals surface area contributed by atoms with Gasteiger partial charge in [0.1, 0.15) is 0 Å². The lowest BCUT2D eigenvalue weighted by atomic mass is 10.00. The molecule has 1 N–H and O–H groups in total. The van der Waals surface area contributed by atoms with Crippen LogP contribution in [0.15, 0.2) is 42.7 Å². The minimum atomic E-state index is 0.237. The number of halogens is 2. The fourth-order valence-corrected chi connectivity index (χ4v) is 2.43. The lowest BCUT2D eigenvalue weighted by molar-refractivity contribution is 0.528. The summed E-state index contributed by atoms with van der Waals surface area (Å²) < 4.78 is 0. The van der Waals surface area contributed by atoms with E-state index in [1.165, 1.54) is 5.56 Å². The molecule has 0 bridgehead atoms. The molecule has 0 saturated heterocycles. The number of hydrogen-bond acceptors (Lipinski definition) is 2. The van der Waals surface area contributed by atoms with Crippen LogP contribution in [0.1, 0.15) is 30.5 Å². The van der Waals surface area contributed by atoms with Gasteiger partial charge in [-0.3, -0.25) is 4.98 Å². The highest BCUT2D eigenvalue weighted by Gasteiger charge is 2.12. The zero-order chi connectivity index (χ0) is 14.4. The Morgan fingerprint density at radius 3 is 2.70 bits per heavy atom. The van der Waals surface area contributed by atoms with Crippen molar-refractivity contribution in [2.75, 3.05) is 6.54 Å². The molecular weight excluding hydrogens is 291 g/mol. The van der Waals surface area contributed by atoms with Gasteiger partial charge in [-0.05, 0) is 48.7 Å². The first-order valence-electron chi connectivity index (χ1n) is 6.78. The van der Waals surface area contributed by atoms with Crippen molar-refractivity contribution in [1.29, 1.82) is 0 Å². The van der Waals surface area contributed by atoms with Crippen LogP contribution < -0.4 is 5.32 Å². The van der Waals surface area contributed by atoms with Crippen LogP contribution in [0, 0.1) is 0 Å². The van der Waals surface area contributed by atoms with Crippen molar-refractivity contribution in [1.82, 2.24) is 10.3 Å². The van der Waals surface area contributed by atoms with Gasteiger partial charge < -0.3 is 5.32 Å². The van der Waals surface area contributed by atoms with Crippen molar-refractivity contribution in [3.05, 3.63) is 63.9 Å². The van der Waals surface area contributed by atoms with Crippen LogP contribution >= 0.6 is 23.2 Å². The summed E-state index contributed by atoms with van der Waals surface area (Å²) in [6, 6.07) is 10.1. The van der Waals surface area contributed by atoms with Gasteiger partial charge in [-0.2, -0.15) is 0 Å². The fourth-order valence-electron chi connectivity index (χ4n) is 2.11. The van der Waals surface area contributed by atoms with Gasteiger partial charge in [0.25, 0.3) is 0 Å². The van der Waals surface area contributed by atoms with Crippen molar-refractivity contribution < 1.29 is 0 Å². The van der Waals surface area contributed by atoms with Gasteiger partial charge in [0.05, 0.1) is 10.0 Å². The largest absolute Gasteiger partial charge is 0.310 e. The summed E-state index contributed by atoms with van der Waals surface area (Å²) >= 11 is 12.0. The minimum Gasteiger partial charge on any atom is -0.310 e. The number of rotatable bonds is 6. The topological polar surface area (TPSA) is 24.9 Å². The van der Waals surface area contributed by atoms with E-state index in [1.54, 1.807) is 6.20 Å². The number of hydrogen-bond donors (Lipinski definition) is 1. The Morgan fingerprint density at radius 2 is 2.05 bits per heavy atom. The molecule has 0 amide bonds. The molecule has 1 aromatic carbocycles. The van der Waals surface area contributed by atoms with Gasteiger partial charge in [0.15, 0.2) is 0 Å². The van der Waals surface area contributed by atoms with Crippen LogP contribution in [0.3, 0.4) is 0 Å². The maximum atomic E-state index is 6.08. The standard InChI is InChI=1S/C16H18Cl2N2/c1-2-7-20-16(13-4-3-8-19-11-13)10-12-5-6-14(17)15(18)9-12/h3-6,8-9,11,16,20H,2,7,10H2,1H3. The van der Waals surface area contributed by atoms with Crippen LogP contribution in [-0.4, -0.2) is 11.5 Å². The fraction of sp³-hybridized carbons (Fsp3) is 0.312. The maximum absolute atomic E-state index is 6.08. The summed E-state index contributed by atoms with van der Waals surface area (Å²) in [6.45, 7) is 3.13. The predicted octanol–water partition coefficient (Wildman–Crippen LogP) is 4.67. The Morgan fingerprint density at radius 1 is 1.20 bits per heavy atom. The first kappa shape index (κ1) is 15.3. The summed E-state index contributed by atoms with van der Waals surface area (Å²) in [7, 11) is 0. The zero-order valence-electron chi connectivity index (χ0n) is 11.4. The van der Waals surface area contributed by atoms with E-state index in [-0.39, 0.29) is 6.04 Å². The Kier molecular flexibility index (Phi) is 5.84. The normalized spacial score (nSPS) is 12.3. The molecule has 1 aromatic heterocycles. The van der Waals surface area contributed by atoms with Crippen molar-refractivity contribution in [3.63, 3.8) is 0 Å². The van der Waals surface area contributed by atoms with Crippen molar-refractivity contribution >= 4 is 23.2 Å². The predicted molar refractivity (Wildman–Crippen MR) is 85.4 cm³/mol. The number of nitrogens with one attached hydrogen (secondary N) is 1. The summed E-state index contributed by atoms with van der Waals surface area (Å²) in [6.07, 6.45) is 5.66. The first-order valence-corrected chi connectivity index (χ1v) is 7.53.